The largest absolute Gasteiger partial charge is 0.220 e. The molecule has 2 heteroatoms. The first kappa shape index (κ1) is 28.8. The quantitative estimate of drug-likeness (QED) is 0.107. The molecule has 0 saturated heterocycles. The third-order valence-corrected chi connectivity index (χ3v) is 14.0. The molecule has 0 fully saturated rings. The molecule has 0 amide bonds. The van der Waals surface area contributed by atoms with Crippen LogP contribution in [0.15, 0.2) is 134 Å². The second kappa shape index (κ2) is 11.8. The van der Waals surface area contributed by atoms with E-state index in [1.165, 1.54) is 59.5 Å². The van der Waals surface area contributed by atoms with Gasteiger partial charge in [-0.15, -0.1) is 0 Å². The third-order valence-electron chi connectivity index (χ3n) is 9.20. The van der Waals surface area contributed by atoms with E-state index in [1.807, 2.05) is 0 Å². The summed E-state index contributed by atoms with van der Waals surface area (Å²) in [6, 6.07) is 48.0. The zero-order valence-corrected chi connectivity index (χ0v) is 27.3. The third kappa shape index (κ3) is 5.04. The van der Waals surface area contributed by atoms with Gasteiger partial charge in [0, 0.05) is 6.07 Å². The van der Waals surface area contributed by atoms with Crippen molar-refractivity contribution in [3.05, 3.63) is 150 Å². The van der Waals surface area contributed by atoms with Crippen LogP contribution in [0, 0.1) is 6.92 Å². The maximum atomic E-state index is 2.49. The Kier molecular flexibility index (Phi) is 7.90. The van der Waals surface area contributed by atoms with E-state index >= 15 is 0 Å². The van der Waals surface area contributed by atoms with Crippen molar-refractivity contribution in [3.63, 3.8) is 0 Å². The van der Waals surface area contributed by atoms with Crippen molar-refractivity contribution in [2.75, 3.05) is 0 Å². The molecule has 0 radical (unpaired) electrons. The monoisotopic (exact) mass is 576 g/mol. The second-order valence-electron chi connectivity index (χ2n) is 12.5. The van der Waals surface area contributed by atoms with Crippen molar-refractivity contribution < 1.29 is 4.57 Å². The van der Waals surface area contributed by atoms with Gasteiger partial charge in [-0.1, -0.05) is 137 Å². The van der Waals surface area contributed by atoms with Crippen molar-refractivity contribution in [1.29, 1.82) is 0 Å². The van der Waals surface area contributed by atoms with Crippen LogP contribution in [0.1, 0.15) is 56.2 Å². The van der Waals surface area contributed by atoms with Crippen molar-refractivity contribution >= 4 is 39.6 Å². The zero-order chi connectivity index (χ0) is 30.1. The van der Waals surface area contributed by atoms with E-state index in [2.05, 4.69) is 180 Å². The molecule has 43 heavy (non-hydrogen) atoms. The van der Waals surface area contributed by atoms with Crippen LogP contribution in [0.3, 0.4) is 0 Å². The summed E-state index contributed by atoms with van der Waals surface area (Å²) >= 11 is 0. The Balaban J connectivity index is 1.67. The Hall–Kier alpha value is -4.27. The molecule has 1 heterocycles. The first-order chi connectivity index (χ1) is 20.8. The summed E-state index contributed by atoms with van der Waals surface area (Å²) in [5.74, 6) is 0.941. The Labute approximate surface area is 258 Å². The minimum atomic E-state index is -2.59. The van der Waals surface area contributed by atoms with Crippen LogP contribution in [0.5, 0.6) is 0 Å². The van der Waals surface area contributed by atoms with Crippen LogP contribution >= 0.6 is 0 Å². The van der Waals surface area contributed by atoms with Gasteiger partial charge in [0.25, 0.3) is 0 Å². The molecule has 0 bridgehead atoms. The topological polar surface area (TPSA) is 3.88 Å². The number of rotatable bonds is 7. The summed E-state index contributed by atoms with van der Waals surface area (Å²) in [7, 11) is -0.402. The molecule has 6 aromatic rings. The molecule has 6 rings (SSSR count). The molecule has 1 aromatic heterocycles. The van der Waals surface area contributed by atoms with Gasteiger partial charge >= 0.3 is 0 Å². The van der Waals surface area contributed by atoms with E-state index in [0.29, 0.717) is 11.8 Å². The second-order valence-corrected chi connectivity index (χ2v) is 16.3. The molecule has 5 aromatic carbocycles. The van der Waals surface area contributed by atoms with Crippen LogP contribution in [0.4, 0.5) is 0 Å². The van der Waals surface area contributed by atoms with Gasteiger partial charge in [0.1, 0.15) is 7.05 Å². The van der Waals surface area contributed by atoms with Crippen LogP contribution in [0.25, 0.3) is 22.0 Å². The molecule has 214 valence electrons. The first-order valence-electron chi connectivity index (χ1n) is 15.6. The van der Waals surface area contributed by atoms with Crippen molar-refractivity contribution in [3.8, 4) is 11.3 Å². The summed E-state index contributed by atoms with van der Waals surface area (Å²) in [5, 5.41) is 8.18. The van der Waals surface area contributed by atoms with Crippen LogP contribution in [-0.2, 0) is 7.05 Å². The molecule has 0 spiro atoms. The highest BCUT2D eigenvalue weighted by atomic mass is 28.3. The number of hydrogen-bond donors (Lipinski definition) is 0. The molecule has 1 nitrogen and oxygen atoms in total. The number of aryl methyl sites for hydroxylation is 1. The zero-order valence-electron chi connectivity index (χ0n) is 26.3. The maximum Gasteiger partial charge on any atom is 0.220 e. The molecule has 0 atom stereocenters. The molecule has 0 unspecified atom stereocenters. The van der Waals surface area contributed by atoms with E-state index in [1.54, 1.807) is 0 Å². The van der Waals surface area contributed by atoms with Gasteiger partial charge in [-0.2, -0.15) is 0 Å². The number of pyridine rings is 1. The lowest BCUT2D eigenvalue weighted by atomic mass is 9.86. The lowest BCUT2D eigenvalue weighted by molar-refractivity contribution is -0.659. The summed E-state index contributed by atoms with van der Waals surface area (Å²) in [4.78, 5) is 0. The van der Waals surface area contributed by atoms with Gasteiger partial charge in [0.15, 0.2) is 14.3 Å². The highest BCUT2D eigenvalue weighted by Gasteiger charge is 2.41. The van der Waals surface area contributed by atoms with Crippen molar-refractivity contribution in [2.24, 2.45) is 7.05 Å². The average Bonchev–Trinajstić information content (AvgIpc) is 3.03. The van der Waals surface area contributed by atoms with E-state index in [4.69, 9.17) is 0 Å². The molecule has 0 aliphatic heterocycles. The number of aromatic nitrogens is 1. The Morgan fingerprint density at radius 2 is 1.09 bits per heavy atom. The molecule has 0 N–H and O–H groups in total. The Morgan fingerprint density at radius 1 is 0.558 bits per heavy atom. The predicted octanol–water partition coefficient (Wildman–Crippen LogP) is 7.26. The van der Waals surface area contributed by atoms with Crippen LogP contribution in [-0.4, -0.2) is 8.07 Å². The summed E-state index contributed by atoms with van der Waals surface area (Å²) in [6.45, 7) is 11.5. The molecular formula is C41H42NSi+. The Bertz CT molecular complexity index is 1780. The normalized spacial score (nSPS) is 11.9. The van der Waals surface area contributed by atoms with Crippen molar-refractivity contribution in [2.45, 2.75) is 46.5 Å². The average molecular weight is 577 g/mol. The number of nitrogens with zero attached hydrogens (tertiary/aromatic N) is 1. The lowest BCUT2D eigenvalue weighted by Gasteiger charge is -2.34. The first-order valence-corrected chi connectivity index (χ1v) is 17.6. The lowest BCUT2D eigenvalue weighted by Crippen LogP contribution is -2.74. The van der Waals surface area contributed by atoms with E-state index in [-0.39, 0.29) is 0 Å². The van der Waals surface area contributed by atoms with Gasteiger partial charge in [-0.25, -0.2) is 4.57 Å². The standard InChI is InChI=1S/C41H42NSi/c1-29(2)33-27-39(30(3)4)31(5)40(28-33)41-38-23-22-37(26-32(38)24-25-42(41)6)43(34-16-10-7-11-17-34,35-18-12-8-13-19-35)36-20-14-9-15-21-36/h7-30H,1-6H3/q+1. The van der Waals surface area contributed by atoms with Gasteiger partial charge in [-0.05, 0) is 73.7 Å². The molecule has 0 aliphatic carbocycles. The van der Waals surface area contributed by atoms with Crippen LogP contribution in [0.2, 0.25) is 0 Å². The highest BCUT2D eigenvalue weighted by Crippen LogP contribution is 2.35. The smallest absolute Gasteiger partial charge is 0.200 e. The van der Waals surface area contributed by atoms with Gasteiger partial charge in [-0.3, -0.25) is 0 Å². The van der Waals surface area contributed by atoms with Gasteiger partial charge in [0.05, 0.1) is 10.9 Å². The van der Waals surface area contributed by atoms with Crippen LogP contribution < -0.4 is 25.3 Å². The summed E-state index contributed by atoms with van der Waals surface area (Å²) < 4.78 is 2.31. The predicted molar refractivity (Wildman–Crippen MR) is 187 cm³/mol. The summed E-state index contributed by atoms with van der Waals surface area (Å²) in [5.41, 5.74) is 6.86. The SMILES string of the molecule is Cc1c(-c2c3ccc([Si](c4ccccc4)(c4ccccc4)c4ccccc4)cc3cc[n+]2C)cc(C(C)C)cc1C(C)C. The minimum absolute atomic E-state index is 0.470. The van der Waals surface area contributed by atoms with Gasteiger partial charge < -0.3 is 0 Å². The fourth-order valence-electron chi connectivity index (χ4n) is 6.94. The van der Waals surface area contributed by atoms with E-state index in [0.717, 1.165) is 0 Å². The minimum Gasteiger partial charge on any atom is -0.200 e. The Morgan fingerprint density at radius 3 is 1.58 bits per heavy atom. The highest BCUT2D eigenvalue weighted by molar-refractivity contribution is 7.20. The molecular weight excluding hydrogens is 535 g/mol. The van der Waals surface area contributed by atoms with E-state index < -0.39 is 8.07 Å². The van der Waals surface area contributed by atoms with E-state index in [9.17, 15) is 0 Å². The number of benzene rings is 5. The molecule has 0 saturated carbocycles. The fraction of sp³-hybridized carbons (Fsp3) is 0.195. The van der Waals surface area contributed by atoms with Crippen molar-refractivity contribution in [1.82, 2.24) is 0 Å². The maximum absolute atomic E-state index is 2.59. The number of hydrogen-bond acceptors (Lipinski definition) is 0. The molecule has 0 aliphatic rings. The number of fused-ring (bicyclic) bond motifs is 1. The summed E-state index contributed by atoms with van der Waals surface area (Å²) in [6.07, 6.45) is 2.24. The fourth-order valence-corrected chi connectivity index (χ4v) is 11.7. The van der Waals surface area contributed by atoms with Gasteiger partial charge in [0.2, 0.25) is 5.69 Å².